The Balaban J connectivity index is 2.02. The molecule has 2 heterocycles. The number of nitrogens with zero attached hydrogens (tertiary/aromatic N) is 1. The van der Waals surface area contributed by atoms with E-state index in [1.807, 2.05) is 19.1 Å². The fraction of sp³-hybridized carbons (Fsp3) is 0.538. The van der Waals surface area contributed by atoms with E-state index >= 15 is 0 Å². The van der Waals surface area contributed by atoms with Gasteiger partial charge in [0.2, 0.25) is 16.8 Å². The van der Waals surface area contributed by atoms with E-state index in [9.17, 15) is 8.42 Å². The third-order valence-electron chi connectivity index (χ3n) is 3.84. The highest BCUT2D eigenvalue weighted by Crippen LogP contribution is 2.40. The molecule has 3 rings (SSSR count). The molecule has 2 aliphatic rings. The van der Waals surface area contributed by atoms with E-state index < -0.39 is 10.0 Å². The normalized spacial score (nSPS) is 22.3. The Labute approximate surface area is 113 Å². The van der Waals surface area contributed by atoms with E-state index in [2.05, 4.69) is 0 Å². The molecule has 19 heavy (non-hydrogen) atoms. The Morgan fingerprint density at radius 2 is 2.00 bits per heavy atom. The third-order valence-corrected chi connectivity index (χ3v) is 5.78. The van der Waals surface area contributed by atoms with Crippen molar-refractivity contribution in [1.82, 2.24) is 4.31 Å². The van der Waals surface area contributed by atoms with Crippen molar-refractivity contribution in [3.63, 3.8) is 0 Å². The zero-order valence-corrected chi connectivity index (χ0v) is 11.9. The number of rotatable bonds is 2. The summed E-state index contributed by atoms with van der Waals surface area (Å²) in [6, 6.07) is 3.74. The fourth-order valence-electron chi connectivity index (χ4n) is 2.73. The molecule has 2 aliphatic heterocycles. The van der Waals surface area contributed by atoms with Gasteiger partial charge in [-0.25, -0.2) is 8.42 Å². The molecule has 0 saturated heterocycles. The number of hydrogen-bond acceptors (Lipinski definition) is 4. The molecule has 0 spiro atoms. The molecule has 1 unspecified atom stereocenters. The lowest BCUT2D eigenvalue weighted by Crippen LogP contribution is -2.39. The zero-order valence-electron chi connectivity index (χ0n) is 11.0. The van der Waals surface area contributed by atoms with Crippen LogP contribution < -0.4 is 9.47 Å². The lowest BCUT2D eigenvalue weighted by molar-refractivity contribution is 0.174. The summed E-state index contributed by atoms with van der Waals surface area (Å²) in [7, 11) is -3.17. The minimum atomic E-state index is -3.17. The maximum Gasteiger partial charge on any atom is 0.231 e. The predicted octanol–water partition coefficient (Wildman–Crippen LogP) is 1.68. The highest BCUT2D eigenvalue weighted by Gasteiger charge is 2.33. The molecule has 0 aromatic heterocycles. The molecule has 0 bridgehead atoms. The van der Waals surface area contributed by atoms with Crippen LogP contribution >= 0.6 is 0 Å². The molecular weight excluding hydrogens is 266 g/mol. The number of benzene rings is 1. The lowest BCUT2D eigenvalue weighted by Gasteiger charge is -2.34. The Morgan fingerprint density at radius 1 is 1.32 bits per heavy atom. The molecule has 6 heteroatoms. The highest BCUT2D eigenvalue weighted by atomic mass is 32.2. The third kappa shape index (κ3) is 1.99. The smallest absolute Gasteiger partial charge is 0.231 e. The summed E-state index contributed by atoms with van der Waals surface area (Å²) in [5.74, 6) is 1.61. The van der Waals surface area contributed by atoms with Gasteiger partial charge in [0.15, 0.2) is 11.5 Å². The molecule has 0 radical (unpaired) electrons. The first-order valence-corrected chi connectivity index (χ1v) is 8.06. The molecule has 0 fully saturated rings. The molecule has 0 N–H and O–H groups in total. The predicted molar refractivity (Wildman–Crippen MR) is 70.9 cm³/mol. The van der Waals surface area contributed by atoms with Crippen LogP contribution in [-0.2, 0) is 16.4 Å². The molecule has 1 atom stereocenters. The van der Waals surface area contributed by atoms with Crippen molar-refractivity contribution >= 4 is 10.0 Å². The van der Waals surface area contributed by atoms with Crippen LogP contribution in [0.5, 0.6) is 11.5 Å². The average molecular weight is 283 g/mol. The lowest BCUT2D eigenvalue weighted by atomic mass is 9.94. The van der Waals surface area contributed by atoms with Gasteiger partial charge in [0.1, 0.15) is 0 Å². The van der Waals surface area contributed by atoms with Gasteiger partial charge < -0.3 is 9.47 Å². The van der Waals surface area contributed by atoms with E-state index in [0.29, 0.717) is 12.3 Å². The van der Waals surface area contributed by atoms with E-state index in [4.69, 9.17) is 9.47 Å². The standard InChI is InChI=1S/C13H17NO4S/c1-3-19(15,16)14-5-4-10-6-12-13(18-8-17-12)7-11(10)9(14)2/h6-7,9H,3-5,8H2,1-2H3. The summed E-state index contributed by atoms with van der Waals surface area (Å²) in [4.78, 5) is 0. The topological polar surface area (TPSA) is 55.8 Å². The summed E-state index contributed by atoms with van der Waals surface area (Å²) in [6.07, 6.45) is 0.718. The second-order valence-corrected chi connectivity index (χ2v) is 7.05. The molecule has 0 amide bonds. The minimum Gasteiger partial charge on any atom is -0.454 e. The Bertz CT molecular complexity index is 611. The molecule has 1 aromatic rings. The Morgan fingerprint density at radius 3 is 2.68 bits per heavy atom. The number of ether oxygens (including phenoxy) is 2. The van der Waals surface area contributed by atoms with Crippen LogP contribution in [0.25, 0.3) is 0 Å². The van der Waals surface area contributed by atoms with Crippen molar-refractivity contribution < 1.29 is 17.9 Å². The molecule has 1 aromatic carbocycles. The van der Waals surface area contributed by atoms with Crippen LogP contribution in [0.4, 0.5) is 0 Å². The van der Waals surface area contributed by atoms with Gasteiger partial charge >= 0.3 is 0 Å². The number of sulfonamides is 1. The van der Waals surface area contributed by atoms with Crippen LogP contribution in [-0.4, -0.2) is 31.8 Å². The molecule has 0 aliphatic carbocycles. The van der Waals surface area contributed by atoms with Crippen molar-refractivity contribution in [2.45, 2.75) is 26.3 Å². The van der Waals surface area contributed by atoms with Gasteiger partial charge in [-0.15, -0.1) is 0 Å². The quantitative estimate of drug-likeness (QED) is 0.828. The highest BCUT2D eigenvalue weighted by molar-refractivity contribution is 7.89. The van der Waals surface area contributed by atoms with Gasteiger partial charge in [0.05, 0.1) is 5.75 Å². The molecule has 5 nitrogen and oxygen atoms in total. The van der Waals surface area contributed by atoms with E-state index in [0.717, 1.165) is 23.3 Å². The van der Waals surface area contributed by atoms with Crippen molar-refractivity contribution in [3.05, 3.63) is 23.3 Å². The Hall–Kier alpha value is -1.27. The van der Waals surface area contributed by atoms with Gasteiger partial charge in [0.25, 0.3) is 0 Å². The second kappa shape index (κ2) is 4.38. The Kier molecular flexibility index (Phi) is 2.94. The van der Waals surface area contributed by atoms with Gasteiger partial charge in [-0.05, 0) is 43.5 Å². The molecular formula is C13H17NO4S. The van der Waals surface area contributed by atoms with Gasteiger partial charge in [-0.1, -0.05) is 0 Å². The average Bonchev–Trinajstić information content (AvgIpc) is 2.84. The van der Waals surface area contributed by atoms with Gasteiger partial charge in [-0.2, -0.15) is 4.31 Å². The SMILES string of the molecule is CCS(=O)(=O)N1CCc2cc3c(cc2C1C)OCO3. The summed E-state index contributed by atoms with van der Waals surface area (Å²) < 4.78 is 36.5. The first kappa shape index (κ1) is 12.7. The van der Waals surface area contributed by atoms with Gasteiger partial charge in [0, 0.05) is 12.6 Å². The summed E-state index contributed by atoms with van der Waals surface area (Å²) in [5, 5.41) is 0. The van der Waals surface area contributed by atoms with Crippen LogP contribution in [0.2, 0.25) is 0 Å². The van der Waals surface area contributed by atoms with Crippen molar-refractivity contribution in [3.8, 4) is 11.5 Å². The fourth-order valence-corrected chi connectivity index (χ4v) is 4.03. The van der Waals surface area contributed by atoms with E-state index in [-0.39, 0.29) is 18.6 Å². The van der Waals surface area contributed by atoms with Crippen LogP contribution in [0.3, 0.4) is 0 Å². The van der Waals surface area contributed by atoms with Crippen molar-refractivity contribution in [2.24, 2.45) is 0 Å². The second-order valence-electron chi connectivity index (χ2n) is 4.84. The molecule has 0 saturated carbocycles. The monoisotopic (exact) mass is 283 g/mol. The minimum absolute atomic E-state index is 0.136. The van der Waals surface area contributed by atoms with Crippen molar-refractivity contribution in [2.75, 3.05) is 19.1 Å². The van der Waals surface area contributed by atoms with E-state index in [1.54, 1.807) is 11.2 Å². The van der Waals surface area contributed by atoms with Crippen molar-refractivity contribution in [1.29, 1.82) is 0 Å². The first-order chi connectivity index (χ1) is 9.03. The van der Waals surface area contributed by atoms with Crippen LogP contribution in [0, 0.1) is 0 Å². The van der Waals surface area contributed by atoms with Gasteiger partial charge in [-0.3, -0.25) is 0 Å². The summed E-state index contributed by atoms with van der Waals surface area (Å²) in [5.41, 5.74) is 2.17. The first-order valence-electron chi connectivity index (χ1n) is 6.45. The van der Waals surface area contributed by atoms with Crippen LogP contribution in [0.1, 0.15) is 31.0 Å². The largest absolute Gasteiger partial charge is 0.454 e. The maximum absolute atomic E-state index is 12.1. The number of hydrogen-bond donors (Lipinski definition) is 0. The van der Waals surface area contributed by atoms with E-state index in [1.165, 1.54) is 0 Å². The maximum atomic E-state index is 12.1. The molecule has 104 valence electrons. The number of fused-ring (bicyclic) bond motifs is 2. The summed E-state index contributed by atoms with van der Waals surface area (Å²) in [6.45, 7) is 4.37. The summed E-state index contributed by atoms with van der Waals surface area (Å²) >= 11 is 0. The zero-order chi connectivity index (χ0) is 13.6. The van der Waals surface area contributed by atoms with Crippen LogP contribution in [0.15, 0.2) is 12.1 Å².